The number of hydrogen-bond acceptors (Lipinski definition) is 3. The summed E-state index contributed by atoms with van der Waals surface area (Å²) in [6.45, 7) is 3.72. The molecule has 0 bridgehead atoms. The number of carbonyl (C=O) groups excluding carboxylic acids is 1. The van der Waals surface area contributed by atoms with Crippen LogP contribution in [-0.2, 0) is 4.79 Å². The molecule has 3 heteroatoms. The predicted octanol–water partition coefficient (Wildman–Crippen LogP) is 1.47. The van der Waals surface area contributed by atoms with Gasteiger partial charge in [-0.25, -0.2) is 0 Å². The SMILES string of the molecule is CC(O)C(C)SCC(=O)C1CC1. The maximum absolute atomic E-state index is 11.2. The molecule has 0 radical (unpaired) electrons. The quantitative estimate of drug-likeness (QED) is 0.710. The highest BCUT2D eigenvalue weighted by atomic mass is 32.2. The second-order valence-corrected chi connectivity index (χ2v) is 4.86. The van der Waals surface area contributed by atoms with Crippen molar-refractivity contribution < 1.29 is 9.90 Å². The van der Waals surface area contributed by atoms with Crippen LogP contribution in [0.3, 0.4) is 0 Å². The average Bonchev–Trinajstić information content (AvgIpc) is 2.81. The lowest BCUT2D eigenvalue weighted by atomic mass is 10.3. The maximum atomic E-state index is 11.2. The molecule has 0 saturated heterocycles. The van der Waals surface area contributed by atoms with E-state index < -0.39 is 0 Å². The van der Waals surface area contributed by atoms with Gasteiger partial charge in [0.05, 0.1) is 11.9 Å². The minimum Gasteiger partial charge on any atom is -0.392 e. The van der Waals surface area contributed by atoms with Crippen molar-refractivity contribution >= 4 is 17.5 Å². The number of Topliss-reactive ketones (excluding diaryl/α,β-unsaturated/α-hetero) is 1. The van der Waals surface area contributed by atoms with Crippen LogP contribution < -0.4 is 0 Å². The van der Waals surface area contributed by atoms with Crippen molar-refractivity contribution in [2.45, 2.75) is 38.0 Å². The van der Waals surface area contributed by atoms with Crippen LogP contribution in [0.25, 0.3) is 0 Å². The summed E-state index contributed by atoms with van der Waals surface area (Å²) in [5, 5.41) is 9.33. The number of ketones is 1. The number of rotatable bonds is 5. The third-order valence-electron chi connectivity index (χ3n) is 2.20. The highest BCUT2D eigenvalue weighted by Crippen LogP contribution is 2.31. The van der Waals surface area contributed by atoms with Crippen LogP contribution in [0.4, 0.5) is 0 Å². The van der Waals surface area contributed by atoms with E-state index in [9.17, 15) is 4.79 Å². The fraction of sp³-hybridized carbons (Fsp3) is 0.889. The molecule has 2 nitrogen and oxygen atoms in total. The van der Waals surface area contributed by atoms with E-state index in [1.807, 2.05) is 6.92 Å². The Hall–Kier alpha value is -0.0200. The molecule has 1 fully saturated rings. The molecule has 2 atom stereocenters. The van der Waals surface area contributed by atoms with Gasteiger partial charge in [0.25, 0.3) is 0 Å². The van der Waals surface area contributed by atoms with Crippen molar-refractivity contribution in [3.63, 3.8) is 0 Å². The minimum absolute atomic E-state index is 0.174. The first-order chi connectivity index (χ1) is 5.61. The number of aliphatic hydroxyl groups is 1. The summed E-state index contributed by atoms with van der Waals surface area (Å²) in [5.74, 6) is 1.31. The van der Waals surface area contributed by atoms with Crippen LogP contribution in [0.15, 0.2) is 0 Å². The molecule has 0 aromatic rings. The molecule has 0 heterocycles. The van der Waals surface area contributed by atoms with Gasteiger partial charge in [-0.3, -0.25) is 4.79 Å². The van der Waals surface area contributed by atoms with Gasteiger partial charge in [-0.2, -0.15) is 0 Å². The van der Waals surface area contributed by atoms with Gasteiger partial charge in [0.2, 0.25) is 0 Å². The lowest BCUT2D eigenvalue weighted by molar-refractivity contribution is -0.117. The van der Waals surface area contributed by atoms with Crippen molar-refractivity contribution in [2.75, 3.05) is 5.75 Å². The van der Waals surface area contributed by atoms with E-state index in [0.29, 0.717) is 17.5 Å². The number of thioether (sulfide) groups is 1. The Labute approximate surface area is 77.7 Å². The molecule has 0 aromatic carbocycles. The molecule has 0 aliphatic heterocycles. The molecule has 1 aliphatic carbocycles. The third kappa shape index (κ3) is 3.15. The van der Waals surface area contributed by atoms with Crippen LogP contribution in [-0.4, -0.2) is 28.0 Å². The van der Waals surface area contributed by atoms with Crippen molar-refractivity contribution in [3.05, 3.63) is 0 Å². The van der Waals surface area contributed by atoms with Crippen LogP contribution >= 0.6 is 11.8 Å². The van der Waals surface area contributed by atoms with E-state index in [0.717, 1.165) is 12.8 Å². The number of aliphatic hydroxyl groups excluding tert-OH is 1. The minimum atomic E-state index is -0.318. The van der Waals surface area contributed by atoms with Crippen LogP contribution in [0, 0.1) is 5.92 Å². The van der Waals surface area contributed by atoms with Crippen molar-refractivity contribution in [3.8, 4) is 0 Å². The molecule has 1 rings (SSSR count). The zero-order chi connectivity index (χ0) is 9.14. The van der Waals surface area contributed by atoms with E-state index >= 15 is 0 Å². The van der Waals surface area contributed by atoms with Crippen molar-refractivity contribution in [1.82, 2.24) is 0 Å². The molecule has 1 N–H and O–H groups in total. The van der Waals surface area contributed by atoms with Crippen molar-refractivity contribution in [1.29, 1.82) is 0 Å². The molecule has 0 amide bonds. The zero-order valence-electron chi connectivity index (χ0n) is 7.62. The van der Waals surface area contributed by atoms with Gasteiger partial charge in [0.15, 0.2) is 0 Å². The first kappa shape index (κ1) is 10.1. The van der Waals surface area contributed by atoms with Crippen LogP contribution in [0.5, 0.6) is 0 Å². The van der Waals surface area contributed by atoms with Gasteiger partial charge in [-0.1, -0.05) is 6.92 Å². The van der Waals surface area contributed by atoms with E-state index in [1.165, 1.54) is 0 Å². The summed E-state index contributed by atoms with van der Waals surface area (Å²) in [6.07, 6.45) is 1.85. The molecule has 70 valence electrons. The van der Waals surface area contributed by atoms with Gasteiger partial charge in [-0.15, -0.1) is 11.8 Å². The summed E-state index contributed by atoms with van der Waals surface area (Å²) in [5.41, 5.74) is 0. The highest BCUT2D eigenvalue weighted by Gasteiger charge is 2.29. The monoisotopic (exact) mass is 188 g/mol. The number of carbonyl (C=O) groups is 1. The Balaban J connectivity index is 2.11. The Bertz CT molecular complexity index is 164. The number of hydrogen-bond donors (Lipinski definition) is 1. The summed E-state index contributed by atoms with van der Waals surface area (Å²) < 4.78 is 0. The molecule has 0 spiro atoms. The fourth-order valence-corrected chi connectivity index (χ4v) is 1.82. The first-order valence-electron chi connectivity index (χ1n) is 4.43. The molecule has 0 aromatic heterocycles. The molecular formula is C9H16O2S. The highest BCUT2D eigenvalue weighted by molar-refractivity contribution is 8.00. The summed E-state index contributed by atoms with van der Waals surface area (Å²) in [6, 6.07) is 0. The topological polar surface area (TPSA) is 37.3 Å². The third-order valence-corrected chi connectivity index (χ3v) is 3.57. The Morgan fingerprint density at radius 1 is 1.58 bits per heavy atom. The van der Waals surface area contributed by atoms with E-state index in [1.54, 1.807) is 18.7 Å². The molecule has 12 heavy (non-hydrogen) atoms. The maximum Gasteiger partial charge on any atom is 0.145 e. The normalized spacial score (nSPS) is 21.9. The smallest absolute Gasteiger partial charge is 0.145 e. The van der Waals surface area contributed by atoms with E-state index in [-0.39, 0.29) is 11.4 Å². The lowest BCUT2D eigenvalue weighted by Crippen LogP contribution is -2.18. The van der Waals surface area contributed by atoms with Crippen LogP contribution in [0.1, 0.15) is 26.7 Å². The largest absolute Gasteiger partial charge is 0.392 e. The lowest BCUT2D eigenvalue weighted by Gasteiger charge is -2.12. The summed E-state index contributed by atoms with van der Waals surface area (Å²) in [4.78, 5) is 11.2. The van der Waals surface area contributed by atoms with Gasteiger partial charge in [0.1, 0.15) is 5.78 Å². The molecule has 1 aliphatic rings. The predicted molar refractivity (Wildman–Crippen MR) is 51.3 cm³/mol. The standard InChI is InChI=1S/C9H16O2S/c1-6(10)7(2)12-5-9(11)8-3-4-8/h6-8,10H,3-5H2,1-2H3. The van der Waals surface area contributed by atoms with E-state index in [4.69, 9.17) is 5.11 Å². The molecular weight excluding hydrogens is 172 g/mol. The average molecular weight is 188 g/mol. The van der Waals surface area contributed by atoms with Crippen LogP contribution in [0.2, 0.25) is 0 Å². The molecule has 2 unspecified atom stereocenters. The Morgan fingerprint density at radius 3 is 2.58 bits per heavy atom. The van der Waals surface area contributed by atoms with Gasteiger partial charge >= 0.3 is 0 Å². The van der Waals surface area contributed by atoms with E-state index in [2.05, 4.69) is 0 Å². The second-order valence-electron chi connectivity index (χ2n) is 3.50. The fourth-order valence-electron chi connectivity index (χ4n) is 0.876. The second kappa shape index (κ2) is 4.28. The summed E-state index contributed by atoms with van der Waals surface area (Å²) in [7, 11) is 0. The Kier molecular flexibility index (Phi) is 3.59. The Morgan fingerprint density at radius 2 is 2.17 bits per heavy atom. The zero-order valence-corrected chi connectivity index (χ0v) is 8.43. The van der Waals surface area contributed by atoms with Crippen molar-refractivity contribution in [2.24, 2.45) is 5.92 Å². The van der Waals surface area contributed by atoms with Gasteiger partial charge in [0, 0.05) is 11.2 Å². The summed E-state index contributed by atoms with van der Waals surface area (Å²) >= 11 is 1.56. The first-order valence-corrected chi connectivity index (χ1v) is 5.48. The van der Waals surface area contributed by atoms with Gasteiger partial charge < -0.3 is 5.11 Å². The van der Waals surface area contributed by atoms with Gasteiger partial charge in [-0.05, 0) is 19.8 Å². The molecule has 1 saturated carbocycles.